The Morgan fingerprint density at radius 2 is 2.26 bits per heavy atom. The summed E-state index contributed by atoms with van der Waals surface area (Å²) in [6.07, 6.45) is 2.98. The zero-order valence-corrected chi connectivity index (χ0v) is 10.8. The monoisotopic (exact) mass is 256 g/mol. The molecule has 3 rings (SSSR count). The van der Waals surface area contributed by atoms with Crippen LogP contribution in [0.15, 0.2) is 24.3 Å². The van der Waals surface area contributed by atoms with Gasteiger partial charge in [0.2, 0.25) is 11.9 Å². The molecule has 1 amide bonds. The number of H-pyrrole nitrogens is 1. The standard InChI is InChI=1S/C14H16N4O/c1-9-15-14(18-17-9)16-13(19)12-8-4-6-10-5-2-3-7-11(10)12/h2-3,5,7,12H,4,6,8H2,1H3,(H2,15,16,17,18,19). The van der Waals surface area contributed by atoms with Crippen molar-refractivity contribution < 1.29 is 4.79 Å². The molecule has 2 N–H and O–H groups in total. The Hall–Kier alpha value is -2.17. The summed E-state index contributed by atoms with van der Waals surface area (Å²) < 4.78 is 0. The normalized spacial score (nSPS) is 17.8. The average Bonchev–Trinajstić information content (AvgIpc) is 2.83. The lowest BCUT2D eigenvalue weighted by atomic mass is 9.82. The van der Waals surface area contributed by atoms with Crippen LogP contribution in [-0.4, -0.2) is 21.1 Å². The lowest BCUT2D eigenvalue weighted by Crippen LogP contribution is -2.25. The maximum Gasteiger partial charge on any atom is 0.248 e. The van der Waals surface area contributed by atoms with Crippen molar-refractivity contribution in [2.24, 2.45) is 0 Å². The van der Waals surface area contributed by atoms with Crippen molar-refractivity contribution in [2.45, 2.75) is 32.1 Å². The van der Waals surface area contributed by atoms with Crippen molar-refractivity contribution in [2.75, 3.05) is 5.32 Å². The van der Waals surface area contributed by atoms with Crippen LogP contribution in [0.25, 0.3) is 0 Å². The van der Waals surface area contributed by atoms with E-state index in [4.69, 9.17) is 0 Å². The number of aryl methyl sites for hydroxylation is 2. The van der Waals surface area contributed by atoms with Gasteiger partial charge in [-0.1, -0.05) is 24.3 Å². The van der Waals surface area contributed by atoms with Gasteiger partial charge in [0.15, 0.2) is 0 Å². The van der Waals surface area contributed by atoms with E-state index >= 15 is 0 Å². The highest BCUT2D eigenvalue weighted by Crippen LogP contribution is 2.32. The molecule has 1 aromatic carbocycles. The SMILES string of the molecule is Cc1nc(NC(=O)C2CCCc3ccccc32)n[nH]1. The van der Waals surface area contributed by atoms with Crippen LogP contribution in [0, 0.1) is 6.92 Å². The number of hydrogen-bond acceptors (Lipinski definition) is 3. The van der Waals surface area contributed by atoms with Crippen molar-refractivity contribution >= 4 is 11.9 Å². The Labute approximate surface area is 111 Å². The van der Waals surface area contributed by atoms with E-state index in [0.29, 0.717) is 11.8 Å². The highest BCUT2D eigenvalue weighted by molar-refractivity contribution is 5.94. The summed E-state index contributed by atoms with van der Waals surface area (Å²) in [7, 11) is 0. The molecule has 0 aliphatic heterocycles. The van der Waals surface area contributed by atoms with E-state index < -0.39 is 0 Å². The second kappa shape index (κ2) is 4.84. The molecular formula is C14H16N4O. The topological polar surface area (TPSA) is 70.7 Å². The maximum absolute atomic E-state index is 12.3. The summed E-state index contributed by atoms with van der Waals surface area (Å²) in [5.74, 6) is 0.930. The van der Waals surface area contributed by atoms with Crippen LogP contribution in [0.3, 0.4) is 0 Å². The van der Waals surface area contributed by atoms with E-state index in [0.717, 1.165) is 24.8 Å². The minimum Gasteiger partial charge on any atom is -0.293 e. The van der Waals surface area contributed by atoms with Gasteiger partial charge in [-0.05, 0) is 37.3 Å². The van der Waals surface area contributed by atoms with Gasteiger partial charge in [0.1, 0.15) is 5.82 Å². The van der Waals surface area contributed by atoms with Gasteiger partial charge in [0, 0.05) is 0 Å². The van der Waals surface area contributed by atoms with E-state index in [1.54, 1.807) is 6.92 Å². The first-order valence-corrected chi connectivity index (χ1v) is 6.52. The first kappa shape index (κ1) is 11.9. The molecule has 5 nitrogen and oxygen atoms in total. The molecule has 0 spiro atoms. The summed E-state index contributed by atoms with van der Waals surface area (Å²) in [6.45, 7) is 1.80. The molecule has 0 saturated carbocycles. The van der Waals surface area contributed by atoms with E-state index in [2.05, 4.69) is 26.6 Å². The highest BCUT2D eigenvalue weighted by atomic mass is 16.2. The predicted octanol–water partition coefficient (Wildman–Crippen LogP) is 2.17. The molecule has 0 saturated heterocycles. The Bertz CT molecular complexity index is 605. The molecule has 1 aliphatic carbocycles. The first-order chi connectivity index (χ1) is 9.24. The third-order valence-electron chi connectivity index (χ3n) is 3.52. The zero-order chi connectivity index (χ0) is 13.2. The third kappa shape index (κ3) is 2.36. The molecule has 0 bridgehead atoms. The smallest absolute Gasteiger partial charge is 0.248 e. The lowest BCUT2D eigenvalue weighted by molar-refractivity contribution is -0.117. The second-order valence-corrected chi connectivity index (χ2v) is 4.88. The van der Waals surface area contributed by atoms with Crippen molar-refractivity contribution in [3.8, 4) is 0 Å². The summed E-state index contributed by atoms with van der Waals surface area (Å²) in [5, 5.41) is 9.44. The van der Waals surface area contributed by atoms with Gasteiger partial charge in [-0.15, -0.1) is 5.10 Å². The molecule has 1 unspecified atom stereocenters. The summed E-state index contributed by atoms with van der Waals surface area (Å²) >= 11 is 0. The van der Waals surface area contributed by atoms with Crippen LogP contribution < -0.4 is 5.32 Å². The van der Waals surface area contributed by atoms with E-state index in [9.17, 15) is 4.79 Å². The molecule has 1 heterocycles. The number of rotatable bonds is 2. The number of amides is 1. The fourth-order valence-electron chi connectivity index (χ4n) is 2.62. The van der Waals surface area contributed by atoms with Crippen molar-refractivity contribution in [1.82, 2.24) is 15.2 Å². The van der Waals surface area contributed by atoms with Gasteiger partial charge in [-0.2, -0.15) is 4.98 Å². The zero-order valence-electron chi connectivity index (χ0n) is 10.8. The molecule has 98 valence electrons. The summed E-state index contributed by atoms with van der Waals surface area (Å²) in [5.41, 5.74) is 2.42. The maximum atomic E-state index is 12.3. The number of nitrogens with one attached hydrogen (secondary N) is 2. The fraction of sp³-hybridized carbons (Fsp3) is 0.357. The van der Waals surface area contributed by atoms with Gasteiger partial charge >= 0.3 is 0 Å². The van der Waals surface area contributed by atoms with Crippen LogP contribution >= 0.6 is 0 Å². The molecular weight excluding hydrogens is 240 g/mol. The van der Waals surface area contributed by atoms with Crippen LogP contribution in [0.1, 0.15) is 35.7 Å². The van der Waals surface area contributed by atoms with Gasteiger partial charge in [0.05, 0.1) is 5.92 Å². The largest absolute Gasteiger partial charge is 0.293 e. The van der Waals surface area contributed by atoms with Crippen molar-refractivity contribution in [1.29, 1.82) is 0 Å². The molecule has 2 aromatic rings. The number of anilines is 1. The number of aromatic amines is 1. The van der Waals surface area contributed by atoms with Crippen LogP contribution in [0.5, 0.6) is 0 Å². The van der Waals surface area contributed by atoms with Gasteiger partial charge in [-0.25, -0.2) is 0 Å². The average molecular weight is 256 g/mol. The molecule has 5 heteroatoms. The summed E-state index contributed by atoms with van der Waals surface area (Å²) in [6, 6.07) is 8.16. The third-order valence-corrected chi connectivity index (χ3v) is 3.52. The number of hydrogen-bond donors (Lipinski definition) is 2. The predicted molar refractivity (Wildman–Crippen MR) is 71.9 cm³/mol. The second-order valence-electron chi connectivity index (χ2n) is 4.88. The number of aromatic nitrogens is 3. The Morgan fingerprint density at radius 1 is 1.42 bits per heavy atom. The van der Waals surface area contributed by atoms with Gasteiger partial charge in [-0.3, -0.25) is 15.2 Å². The first-order valence-electron chi connectivity index (χ1n) is 6.52. The number of carbonyl (C=O) groups is 1. The molecule has 19 heavy (non-hydrogen) atoms. The van der Waals surface area contributed by atoms with Gasteiger partial charge < -0.3 is 0 Å². The Kier molecular flexibility index (Phi) is 3.03. The number of carbonyl (C=O) groups excluding carboxylic acids is 1. The van der Waals surface area contributed by atoms with Crippen LogP contribution in [-0.2, 0) is 11.2 Å². The fourth-order valence-corrected chi connectivity index (χ4v) is 2.62. The van der Waals surface area contributed by atoms with Crippen LogP contribution in [0.4, 0.5) is 5.95 Å². The summed E-state index contributed by atoms with van der Waals surface area (Å²) in [4.78, 5) is 16.4. The van der Waals surface area contributed by atoms with Crippen LogP contribution in [0.2, 0.25) is 0 Å². The Balaban J connectivity index is 1.81. The quantitative estimate of drug-likeness (QED) is 0.865. The molecule has 1 aromatic heterocycles. The van der Waals surface area contributed by atoms with Gasteiger partial charge in [0.25, 0.3) is 0 Å². The lowest BCUT2D eigenvalue weighted by Gasteiger charge is -2.23. The number of fused-ring (bicyclic) bond motifs is 1. The number of benzene rings is 1. The van der Waals surface area contributed by atoms with E-state index in [-0.39, 0.29) is 11.8 Å². The van der Waals surface area contributed by atoms with Crippen molar-refractivity contribution in [3.63, 3.8) is 0 Å². The van der Waals surface area contributed by atoms with E-state index in [1.807, 2.05) is 18.2 Å². The number of nitrogens with zero attached hydrogens (tertiary/aromatic N) is 2. The minimum atomic E-state index is -0.0937. The van der Waals surface area contributed by atoms with Crippen molar-refractivity contribution in [3.05, 3.63) is 41.2 Å². The Morgan fingerprint density at radius 3 is 3.05 bits per heavy atom. The molecule has 0 fully saturated rings. The molecule has 1 aliphatic rings. The van der Waals surface area contributed by atoms with E-state index in [1.165, 1.54) is 5.56 Å². The minimum absolute atomic E-state index is 0.0221. The molecule has 0 radical (unpaired) electrons. The highest BCUT2D eigenvalue weighted by Gasteiger charge is 2.26. The molecule has 1 atom stereocenters.